The molecular weight excluding hydrogens is 258 g/mol. The highest BCUT2D eigenvalue weighted by molar-refractivity contribution is 5.68. The Balaban J connectivity index is 2.00. The van der Waals surface area contributed by atoms with Gasteiger partial charge in [0.25, 0.3) is 0 Å². The summed E-state index contributed by atoms with van der Waals surface area (Å²) in [7, 11) is 0. The predicted molar refractivity (Wildman–Crippen MR) is 75.2 cm³/mol. The molecule has 0 saturated carbocycles. The van der Waals surface area contributed by atoms with Crippen LogP contribution in [0.3, 0.4) is 0 Å². The standard InChI is InChI=1S/C15H21NO4/c1-3-16-15(2,9-14(17)18)7-6-11-4-5-12-13(8-11)20-10-19-12/h4-5,8,16H,3,6-7,9-10H2,1-2H3,(H,17,18). The number of fused-ring (bicyclic) bond motifs is 1. The summed E-state index contributed by atoms with van der Waals surface area (Å²) in [4.78, 5) is 11.0. The average Bonchev–Trinajstić information content (AvgIpc) is 2.83. The second-order valence-electron chi connectivity index (χ2n) is 5.35. The SMILES string of the molecule is CCNC(C)(CCc1ccc2c(c1)OCO2)CC(=O)O. The van der Waals surface area contributed by atoms with E-state index in [4.69, 9.17) is 14.6 Å². The van der Waals surface area contributed by atoms with Crippen molar-refractivity contribution in [2.45, 2.75) is 38.6 Å². The molecule has 1 aliphatic rings. The van der Waals surface area contributed by atoms with Gasteiger partial charge in [0, 0.05) is 5.54 Å². The Hall–Kier alpha value is -1.75. The maximum Gasteiger partial charge on any atom is 0.305 e. The minimum atomic E-state index is -0.779. The Bertz CT molecular complexity index is 489. The summed E-state index contributed by atoms with van der Waals surface area (Å²) in [5, 5.41) is 12.3. The van der Waals surface area contributed by atoms with E-state index in [2.05, 4.69) is 5.32 Å². The second kappa shape index (κ2) is 6.13. The molecule has 2 N–H and O–H groups in total. The Kier molecular flexibility index (Phi) is 4.49. The summed E-state index contributed by atoms with van der Waals surface area (Å²) in [6.07, 6.45) is 1.67. The van der Waals surface area contributed by atoms with Crippen LogP contribution >= 0.6 is 0 Å². The Morgan fingerprint density at radius 1 is 1.40 bits per heavy atom. The van der Waals surface area contributed by atoms with Gasteiger partial charge in [-0.05, 0) is 44.0 Å². The van der Waals surface area contributed by atoms with Gasteiger partial charge in [-0.15, -0.1) is 0 Å². The summed E-state index contributed by atoms with van der Waals surface area (Å²) >= 11 is 0. The van der Waals surface area contributed by atoms with Crippen molar-refractivity contribution in [2.75, 3.05) is 13.3 Å². The number of benzene rings is 1. The number of hydrogen-bond acceptors (Lipinski definition) is 4. The maximum atomic E-state index is 11.0. The van der Waals surface area contributed by atoms with Gasteiger partial charge in [0.1, 0.15) is 0 Å². The van der Waals surface area contributed by atoms with Gasteiger partial charge in [-0.2, -0.15) is 0 Å². The number of ether oxygens (including phenoxy) is 2. The van der Waals surface area contributed by atoms with E-state index in [-0.39, 0.29) is 13.2 Å². The van der Waals surface area contributed by atoms with Crippen LogP contribution in [0.5, 0.6) is 11.5 Å². The molecule has 1 aromatic carbocycles. The van der Waals surface area contributed by atoms with Gasteiger partial charge < -0.3 is 19.9 Å². The molecule has 1 aromatic rings. The van der Waals surface area contributed by atoms with Crippen molar-refractivity contribution >= 4 is 5.97 Å². The zero-order valence-corrected chi connectivity index (χ0v) is 11.9. The quantitative estimate of drug-likeness (QED) is 0.801. The molecular formula is C15H21NO4. The average molecular weight is 279 g/mol. The topological polar surface area (TPSA) is 67.8 Å². The number of carboxylic acids is 1. The largest absolute Gasteiger partial charge is 0.481 e. The van der Waals surface area contributed by atoms with E-state index in [0.29, 0.717) is 0 Å². The number of aliphatic carboxylic acids is 1. The normalized spacial score (nSPS) is 15.9. The zero-order chi connectivity index (χ0) is 14.6. The van der Waals surface area contributed by atoms with E-state index >= 15 is 0 Å². The molecule has 0 aliphatic carbocycles. The lowest BCUT2D eigenvalue weighted by molar-refractivity contribution is -0.138. The molecule has 0 saturated heterocycles. The lowest BCUT2D eigenvalue weighted by atomic mass is 9.90. The van der Waals surface area contributed by atoms with E-state index in [0.717, 1.165) is 36.4 Å². The third-order valence-corrected chi connectivity index (χ3v) is 3.55. The van der Waals surface area contributed by atoms with Gasteiger partial charge in [-0.3, -0.25) is 4.79 Å². The van der Waals surface area contributed by atoms with E-state index in [1.54, 1.807) is 0 Å². The minimum absolute atomic E-state index is 0.116. The number of carbonyl (C=O) groups is 1. The van der Waals surface area contributed by atoms with Crippen LogP contribution in [0.4, 0.5) is 0 Å². The van der Waals surface area contributed by atoms with E-state index < -0.39 is 11.5 Å². The second-order valence-corrected chi connectivity index (χ2v) is 5.35. The first kappa shape index (κ1) is 14.7. The van der Waals surface area contributed by atoms with E-state index in [9.17, 15) is 4.79 Å². The fourth-order valence-corrected chi connectivity index (χ4v) is 2.52. The third kappa shape index (κ3) is 3.63. The first-order chi connectivity index (χ1) is 9.52. The van der Waals surface area contributed by atoms with Crippen LogP contribution in [-0.4, -0.2) is 30.0 Å². The van der Waals surface area contributed by atoms with Gasteiger partial charge in [0.15, 0.2) is 11.5 Å². The lowest BCUT2D eigenvalue weighted by Gasteiger charge is -2.29. The molecule has 2 rings (SSSR count). The minimum Gasteiger partial charge on any atom is -0.481 e. The Morgan fingerprint density at radius 3 is 2.85 bits per heavy atom. The predicted octanol–water partition coefficient (Wildman–Crippen LogP) is 2.19. The highest BCUT2D eigenvalue weighted by Crippen LogP contribution is 2.33. The van der Waals surface area contributed by atoms with Crippen molar-refractivity contribution < 1.29 is 19.4 Å². The van der Waals surface area contributed by atoms with Crippen molar-refractivity contribution in [3.8, 4) is 11.5 Å². The van der Waals surface area contributed by atoms with Crippen LogP contribution in [0.15, 0.2) is 18.2 Å². The maximum absolute atomic E-state index is 11.0. The van der Waals surface area contributed by atoms with Crippen molar-refractivity contribution in [2.24, 2.45) is 0 Å². The summed E-state index contributed by atoms with van der Waals surface area (Å²) in [5.41, 5.74) is 0.737. The smallest absolute Gasteiger partial charge is 0.305 e. The molecule has 5 nitrogen and oxygen atoms in total. The Labute approximate surface area is 118 Å². The molecule has 110 valence electrons. The molecule has 0 aromatic heterocycles. The fourth-order valence-electron chi connectivity index (χ4n) is 2.52. The van der Waals surface area contributed by atoms with Crippen molar-refractivity contribution in [3.63, 3.8) is 0 Å². The van der Waals surface area contributed by atoms with Crippen LogP contribution < -0.4 is 14.8 Å². The molecule has 0 radical (unpaired) electrons. The molecule has 1 unspecified atom stereocenters. The number of rotatable bonds is 7. The molecule has 0 amide bonds. The molecule has 1 atom stereocenters. The van der Waals surface area contributed by atoms with E-state index in [1.165, 1.54) is 0 Å². The number of nitrogens with one attached hydrogen (secondary N) is 1. The third-order valence-electron chi connectivity index (χ3n) is 3.55. The number of hydrogen-bond donors (Lipinski definition) is 2. The first-order valence-electron chi connectivity index (χ1n) is 6.88. The van der Waals surface area contributed by atoms with Crippen LogP contribution in [-0.2, 0) is 11.2 Å². The van der Waals surface area contributed by atoms with Crippen molar-refractivity contribution in [1.29, 1.82) is 0 Å². The van der Waals surface area contributed by atoms with Crippen LogP contribution in [0, 0.1) is 0 Å². The fraction of sp³-hybridized carbons (Fsp3) is 0.533. The summed E-state index contributed by atoms with van der Waals surface area (Å²) in [6, 6.07) is 5.87. The molecule has 1 aliphatic heterocycles. The highest BCUT2D eigenvalue weighted by Gasteiger charge is 2.26. The number of aryl methyl sites for hydroxylation is 1. The molecule has 0 spiro atoms. The van der Waals surface area contributed by atoms with Crippen molar-refractivity contribution in [1.82, 2.24) is 5.32 Å². The van der Waals surface area contributed by atoms with Crippen LogP contribution in [0.2, 0.25) is 0 Å². The molecule has 5 heteroatoms. The van der Waals surface area contributed by atoms with Gasteiger partial charge in [-0.1, -0.05) is 13.0 Å². The van der Waals surface area contributed by atoms with Crippen LogP contribution in [0.25, 0.3) is 0 Å². The van der Waals surface area contributed by atoms with Crippen LogP contribution in [0.1, 0.15) is 32.3 Å². The van der Waals surface area contributed by atoms with Gasteiger partial charge in [-0.25, -0.2) is 0 Å². The van der Waals surface area contributed by atoms with E-state index in [1.807, 2.05) is 32.0 Å². The molecule has 1 heterocycles. The Morgan fingerprint density at radius 2 is 2.15 bits per heavy atom. The zero-order valence-electron chi connectivity index (χ0n) is 11.9. The summed E-state index contributed by atoms with van der Waals surface area (Å²) < 4.78 is 10.6. The molecule has 0 fully saturated rings. The van der Waals surface area contributed by atoms with Gasteiger partial charge in [0.2, 0.25) is 6.79 Å². The van der Waals surface area contributed by atoms with Crippen molar-refractivity contribution in [3.05, 3.63) is 23.8 Å². The number of carboxylic acid groups (broad SMARTS) is 1. The summed E-state index contributed by atoms with van der Waals surface area (Å²) in [5.74, 6) is 0.763. The highest BCUT2D eigenvalue weighted by atomic mass is 16.7. The first-order valence-corrected chi connectivity index (χ1v) is 6.88. The lowest BCUT2D eigenvalue weighted by Crippen LogP contribution is -2.44. The monoisotopic (exact) mass is 279 g/mol. The summed E-state index contributed by atoms with van der Waals surface area (Å²) in [6.45, 7) is 4.97. The van der Waals surface area contributed by atoms with Gasteiger partial charge in [0.05, 0.1) is 6.42 Å². The van der Waals surface area contributed by atoms with Gasteiger partial charge >= 0.3 is 5.97 Å². The molecule has 0 bridgehead atoms. The molecule has 20 heavy (non-hydrogen) atoms.